The van der Waals surface area contributed by atoms with Crippen LogP contribution in [0.5, 0.6) is 0 Å². The maximum Gasteiger partial charge on any atom is 0.418 e. The van der Waals surface area contributed by atoms with Gasteiger partial charge < -0.3 is 0 Å². The molecule has 0 saturated carbocycles. The third-order valence-electron chi connectivity index (χ3n) is 1.63. The average Bonchev–Trinajstić information content (AvgIpc) is 2.04. The molecule has 9 heteroatoms. The number of benzene rings is 1. The van der Waals surface area contributed by atoms with E-state index < -0.39 is 36.9 Å². The Morgan fingerprint density at radius 3 is 2.06 bits per heavy atom. The first-order chi connectivity index (χ1) is 7.05. The summed E-state index contributed by atoms with van der Waals surface area (Å²) in [5.74, 6) is -1.54. The van der Waals surface area contributed by atoms with E-state index in [4.69, 9.17) is 0 Å². The van der Waals surface area contributed by atoms with Crippen molar-refractivity contribution in [2.75, 3.05) is 0 Å². The second-order valence-electron chi connectivity index (χ2n) is 2.78. The first kappa shape index (κ1) is 13.4. The molecule has 1 rings (SSSR count). The molecule has 0 aliphatic carbocycles. The number of primary sulfonamides is 1. The van der Waals surface area contributed by atoms with Crippen LogP contribution in [0.2, 0.25) is 0 Å². The Kier molecular flexibility index (Phi) is 3.32. The molecule has 0 amide bonds. The highest BCUT2D eigenvalue weighted by Crippen LogP contribution is 2.39. The Labute approximate surface area is 96.4 Å². The second kappa shape index (κ2) is 3.97. The molecule has 2 N–H and O–H groups in total. The van der Waals surface area contributed by atoms with E-state index >= 15 is 0 Å². The molecule has 0 bridgehead atoms. The van der Waals surface area contributed by atoms with Crippen molar-refractivity contribution in [2.45, 2.75) is 11.1 Å². The minimum Gasteiger partial charge on any atom is -0.225 e. The fraction of sp³-hybridized carbons (Fsp3) is 0.143. The van der Waals surface area contributed by atoms with Crippen LogP contribution >= 0.6 is 15.9 Å². The van der Waals surface area contributed by atoms with Gasteiger partial charge in [0.05, 0.1) is 5.56 Å². The Morgan fingerprint density at radius 2 is 1.75 bits per heavy atom. The molecule has 0 aliphatic rings. The third kappa shape index (κ3) is 2.53. The molecule has 1 aromatic carbocycles. The molecular weight excluding hydrogens is 318 g/mol. The van der Waals surface area contributed by atoms with Gasteiger partial charge in [-0.05, 0) is 12.1 Å². The van der Waals surface area contributed by atoms with Crippen molar-refractivity contribution in [1.29, 1.82) is 0 Å². The van der Waals surface area contributed by atoms with Crippen LogP contribution in [0, 0.1) is 5.82 Å². The molecule has 0 atom stereocenters. The van der Waals surface area contributed by atoms with Gasteiger partial charge in [0, 0.05) is 4.47 Å². The molecule has 0 saturated heterocycles. The number of rotatable bonds is 1. The van der Waals surface area contributed by atoms with E-state index in [1.807, 2.05) is 0 Å². The molecule has 0 aromatic heterocycles. The lowest BCUT2D eigenvalue weighted by Crippen LogP contribution is -2.21. The molecule has 0 unspecified atom stereocenters. The highest BCUT2D eigenvalue weighted by atomic mass is 79.9. The smallest absolute Gasteiger partial charge is 0.225 e. The molecule has 0 radical (unpaired) electrons. The van der Waals surface area contributed by atoms with Gasteiger partial charge in [-0.1, -0.05) is 15.9 Å². The minimum absolute atomic E-state index is 0.582. The van der Waals surface area contributed by atoms with Gasteiger partial charge in [0.25, 0.3) is 0 Å². The minimum atomic E-state index is -5.03. The van der Waals surface area contributed by atoms with Gasteiger partial charge in [-0.2, -0.15) is 13.2 Å². The van der Waals surface area contributed by atoms with Crippen LogP contribution in [-0.2, 0) is 16.2 Å². The third-order valence-corrected chi connectivity index (χ3v) is 3.26. The predicted octanol–water partition coefficient (Wildman–Crippen LogP) is 2.25. The van der Waals surface area contributed by atoms with E-state index in [1.165, 1.54) is 0 Å². The zero-order chi connectivity index (χ0) is 12.7. The number of nitrogens with two attached hydrogens (primary N) is 1. The molecule has 0 spiro atoms. The van der Waals surface area contributed by atoms with E-state index in [0.29, 0.717) is 6.07 Å². The standard InChI is InChI=1S/C7H4BrF4NO2S/c8-3-1-2-4(9)6(16(13,14)15)5(3)7(10,11)12/h1-2H,(H2,13,14,15). The van der Waals surface area contributed by atoms with Crippen LogP contribution in [0.4, 0.5) is 17.6 Å². The summed E-state index contributed by atoms with van der Waals surface area (Å²) in [5, 5.41) is 4.54. The number of hydrogen-bond acceptors (Lipinski definition) is 2. The number of alkyl halides is 3. The maximum atomic E-state index is 13.1. The monoisotopic (exact) mass is 321 g/mol. The largest absolute Gasteiger partial charge is 0.418 e. The number of hydrogen-bond donors (Lipinski definition) is 1. The first-order valence-corrected chi connectivity index (χ1v) is 5.97. The Balaban J connectivity index is 3.78. The van der Waals surface area contributed by atoms with Crippen molar-refractivity contribution in [3.63, 3.8) is 0 Å². The van der Waals surface area contributed by atoms with E-state index in [9.17, 15) is 26.0 Å². The lowest BCUT2D eigenvalue weighted by atomic mass is 10.2. The van der Waals surface area contributed by atoms with Crippen molar-refractivity contribution < 1.29 is 26.0 Å². The lowest BCUT2D eigenvalue weighted by Gasteiger charge is -2.13. The van der Waals surface area contributed by atoms with Gasteiger partial charge in [-0.25, -0.2) is 17.9 Å². The summed E-state index contributed by atoms with van der Waals surface area (Å²) in [6.07, 6.45) is -5.03. The maximum absolute atomic E-state index is 13.1. The molecule has 0 fully saturated rings. The van der Waals surface area contributed by atoms with E-state index in [1.54, 1.807) is 0 Å². The Morgan fingerprint density at radius 1 is 1.25 bits per heavy atom. The normalized spacial score (nSPS) is 12.9. The first-order valence-electron chi connectivity index (χ1n) is 3.63. The topological polar surface area (TPSA) is 60.2 Å². The highest BCUT2D eigenvalue weighted by molar-refractivity contribution is 9.10. The molecule has 1 aromatic rings. The SMILES string of the molecule is NS(=O)(=O)c1c(F)ccc(Br)c1C(F)(F)F. The van der Waals surface area contributed by atoms with Crippen molar-refractivity contribution in [3.8, 4) is 0 Å². The quantitative estimate of drug-likeness (QED) is 0.806. The summed E-state index contributed by atoms with van der Waals surface area (Å²) < 4.78 is 71.8. The van der Waals surface area contributed by atoms with Crippen molar-refractivity contribution >= 4 is 26.0 Å². The lowest BCUT2D eigenvalue weighted by molar-refractivity contribution is -0.140. The fourth-order valence-corrected chi connectivity index (χ4v) is 2.61. The summed E-state index contributed by atoms with van der Waals surface area (Å²) in [6, 6.07) is 1.34. The van der Waals surface area contributed by atoms with Crippen molar-refractivity contribution in [3.05, 3.63) is 28.0 Å². The Hall–Kier alpha value is -0.670. The molecular formula is C7H4BrF4NO2S. The zero-order valence-electron chi connectivity index (χ0n) is 7.35. The van der Waals surface area contributed by atoms with Crippen LogP contribution in [0.1, 0.15) is 5.56 Å². The highest BCUT2D eigenvalue weighted by Gasteiger charge is 2.40. The summed E-state index contributed by atoms with van der Waals surface area (Å²) in [6.45, 7) is 0. The summed E-state index contributed by atoms with van der Waals surface area (Å²) in [7, 11) is -4.79. The van der Waals surface area contributed by atoms with Gasteiger partial charge >= 0.3 is 6.18 Å². The van der Waals surface area contributed by atoms with Crippen LogP contribution < -0.4 is 5.14 Å². The van der Waals surface area contributed by atoms with E-state index in [2.05, 4.69) is 21.1 Å². The number of halogens is 5. The van der Waals surface area contributed by atoms with Crippen LogP contribution in [-0.4, -0.2) is 8.42 Å². The Bertz CT molecular complexity index is 526. The second-order valence-corrected chi connectivity index (χ2v) is 5.13. The average molecular weight is 322 g/mol. The van der Waals surface area contributed by atoms with Crippen molar-refractivity contribution in [1.82, 2.24) is 0 Å². The van der Waals surface area contributed by atoms with Crippen LogP contribution in [0.25, 0.3) is 0 Å². The molecule has 0 aliphatic heterocycles. The predicted molar refractivity (Wildman–Crippen MR) is 50.5 cm³/mol. The zero-order valence-corrected chi connectivity index (χ0v) is 9.75. The van der Waals surface area contributed by atoms with Gasteiger partial charge in [0.15, 0.2) is 0 Å². The molecule has 90 valence electrons. The van der Waals surface area contributed by atoms with Gasteiger partial charge in [0.2, 0.25) is 10.0 Å². The summed E-state index contributed by atoms with van der Waals surface area (Å²) in [4.78, 5) is -1.56. The van der Waals surface area contributed by atoms with Gasteiger partial charge in [-0.3, -0.25) is 0 Å². The van der Waals surface area contributed by atoms with Crippen LogP contribution in [0.3, 0.4) is 0 Å². The molecule has 16 heavy (non-hydrogen) atoms. The summed E-state index contributed by atoms with van der Waals surface area (Å²) >= 11 is 2.50. The van der Waals surface area contributed by atoms with Crippen LogP contribution in [0.15, 0.2) is 21.5 Å². The van der Waals surface area contributed by atoms with Crippen molar-refractivity contribution in [2.24, 2.45) is 5.14 Å². The van der Waals surface area contributed by atoms with E-state index in [-0.39, 0.29) is 0 Å². The van der Waals surface area contributed by atoms with E-state index in [0.717, 1.165) is 6.07 Å². The molecule has 3 nitrogen and oxygen atoms in total. The fourth-order valence-electron chi connectivity index (χ4n) is 1.08. The molecule has 0 heterocycles. The number of sulfonamides is 1. The summed E-state index contributed by atoms with van der Waals surface area (Å²) in [5.41, 5.74) is -1.64. The van der Waals surface area contributed by atoms with Gasteiger partial charge in [-0.15, -0.1) is 0 Å². The van der Waals surface area contributed by atoms with Gasteiger partial charge in [0.1, 0.15) is 10.7 Å².